The van der Waals surface area contributed by atoms with Gasteiger partial charge in [0.25, 0.3) is 0 Å². The monoisotopic (exact) mass is 259 g/mol. The molecule has 1 aromatic rings. The molecular weight excluding hydrogens is 246 g/mol. The second-order valence-corrected chi connectivity index (χ2v) is 3.88. The van der Waals surface area contributed by atoms with Crippen LogP contribution < -0.4 is 10.1 Å². The van der Waals surface area contributed by atoms with Crippen LogP contribution in [0.2, 0.25) is 0 Å². The zero-order valence-corrected chi connectivity index (χ0v) is 9.84. The number of hydrogen-bond donors (Lipinski definition) is 2. The average Bonchev–Trinajstić information content (AvgIpc) is 2.17. The third kappa shape index (κ3) is 2.70. The Labute approximate surface area is 92.2 Å². The van der Waals surface area contributed by atoms with Gasteiger partial charge in [0.2, 0.25) is 0 Å². The molecule has 0 saturated carbocycles. The van der Waals surface area contributed by atoms with E-state index in [9.17, 15) is 5.11 Å². The Hall–Kier alpha value is -0.580. The summed E-state index contributed by atoms with van der Waals surface area (Å²) in [7, 11) is 3.39. The predicted octanol–water partition coefficient (Wildman–Crippen LogP) is 1.71. The van der Waals surface area contributed by atoms with Crippen LogP contribution in [-0.4, -0.2) is 25.8 Å². The molecule has 0 spiro atoms. The van der Waals surface area contributed by atoms with Crippen molar-refractivity contribution >= 4 is 15.9 Å². The van der Waals surface area contributed by atoms with Crippen LogP contribution in [0.1, 0.15) is 11.7 Å². The summed E-state index contributed by atoms with van der Waals surface area (Å²) in [6.07, 6.45) is -0.539. The second-order valence-electron chi connectivity index (χ2n) is 2.96. The first-order chi connectivity index (χ1) is 6.69. The highest BCUT2D eigenvalue weighted by Gasteiger charge is 2.12. The van der Waals surface area contributed by atoms with Crippen LogP contribution >= 0.6 is 15.9 Å². The standard InChI is InChI=1S/C10H14BrNO2/c1-12-6-9(13)8-4-3-7(11)5-10(8)14-2/h3-5,9,12-13H,6H2,1-2H3. The maximum Gasteiger partial charge on any atom is 0.125 e. The molecule has 0 fully saturated rings. The van der Waals surface area contributed by atoms with Crippen molar-refractivity contribution in [2.75, 3.05) is 20.7 Å². The highest BCUT2D eigenvalue weighted by molar-refractivity contribution is 9.10. The van der Waals surface area contributed by atoms with Gasteiger partial charge in [-0.05, 0) is 19.2 Å². The Kier molecular flexibility index (Phi) is 4.38. The van der Waals surface area contributed by atoms with E-state index in [1.54, 1.807) is 14.2 Å². The maximum atomic E-state index is 9.77. The molecule has 3 nitrogen and oxygen atoms in total. The fraction of sp³-hybridized carbons (Fsp3) is 0.400. The van der Waals surface area contributed by atoms with E-state index in [-0.39, 0.29) is 0 Å². The third-order valence-electron chi connectivity index (χ3n) is 1.95. The highest BCUT2D eigenvalue weighted by Crippen LogP contribution is 2.28. The van der Waals surface area contributed by atoms with Gasteiger partial charge in [0.1, 0.15) is 5.75 Å². The van der Waals surface area contributed by atoms with Gasteiger partial charge in [-0.1, -0.05) is 22.0 Å². The third-order valence-corrected chi connectivity index (χ3v) is 2.45. The molecule has 1 unspecified atom stereocenters. The first kappa shape index (κ1) is 11.5. The molecule has 0 aromatic heterocycles. The molecule has 78 valence electrons. The number of likely N-dealkylation sites (N-methyl/N-ethyl adjacent to an activating group) is 1. The van der Waals surface area contributed by atoms with Gasteiger partial charge in [0, 0.05) is 16.6 Å². The predicted molar refractivity (Wildman–Crippen MR) is 59.6 cm³/mol. The fourth-order valence-corrected chi connectivity index (χ4v) is 1.60. The minimum absolute atomic E-state index is 0.512. The second kappa shape index (κ2) is 5.34. The van der Waals surface area contributed by atoms with Crippen molar-refractivity contribution in [3.8, 4) is 5.75 Å². The van der Waals surface area contributed by atoms with Crippen LogP contribution in [-0.2, 0) is 0 Å². The van der Waals surface area contributed by atoms with Gasteiger partial charge in [-0.2, -0.15) is 0 Å². The number of halogens is 1. The summed E-state index contributed by atoms with van der Waals surface area (Å²) >= 11 is 3.35. The molecule has 14 heavy (non-hydrogen) atoms. The van der Waals surface area contributed by atoms with E-state index in [1.165, 1.54) is 0 Å². The van der Waals surface area contributed by atoms with Crippen molar-refractivity contribution in [3.05, 3.63) is 28.2 Å². The van der Waals surface area contributed by atoms with E-state index in [1.807, 2.05) is 18.2 Å². The van der Waals surface area contributed by atoms with Gasteiger partial charge in [-0.25, -0.2) is 0 Å². The van der Waals surface area contributed by atoms with E-state index < -0.39 is 6.10 Å². The largest absolute Gasteiger partial charge is 0.496 e. The number of aliphatic hydroxyl groups excluding tert-OH is 1. The zero-order valence-electron chi connectivity index (χ0n) is 8.25. The number of nitrogens with one attached hydrogen (secondary N) is 1. The Bertz CT molecular complexity index is 304. The van der Waals surface area contributed by atoms with Gasteiger partial charge in [0.15, 0.2) is 0 Å². The van der Waals surface area contributed by atoms with Gasteiger partial charge in [-0.3, -0.25) is 0 Å². The quantitative estimate of drug-likeness (QED) is 0.866. The Morgan fingerprint density at radius 1 is 1.57 bits per heavy atom. The van der Waals surface area contributed by atoms with Gasteiger partial charge in [-0.15, -0.1) is 0 Å². The van der Waals surface area contributed by atoms with Crippen molar-refractivity contribution in [2.24, 2.45) is 0 Å². The van der Waals surface area contributed by atoms with Crippen molar-refractivity contribution in [1.82, 2.24) is 5.32 Å². The van der Waals surface area contributed by atoms with E-state index in [0.717, 1.165) is 10.0 Å². The van der Waals surface area contributed by atoms with Gasteiger partial charge < -0.3 is 15.2 Å². The molecule has 1 atom stereocenters. The summed E-state index contributed by atoms with van der Waals surface area (Å²) in [6.45, 7) is 0.512. The maximum absolute atomic E-state index is 9.77. The number of methoxy groups -OCH3 is 1. The molecule has 1 rings (SSSR count). The van der Waals surface area contributed by atoms with E-state index >= 15 is 0 Å². The average molecular weight is 260 g/mol. The molecule has 0 saturated heterocycles. The fourth-order valence-electron chi connectivity index (χ4n) is 1.26. The number of hydrogen-bond acceptors (Lipinski definition) is 3. The topological polar surface area (TPSA) is 41.5 Å². The lowest BCUT2D eigenvalue weighted by atomic mass is 10.1. The van der Waals surface area contributed by atoms with Crippen molar-refractivity contribution < 1.29 is 9.84 Å². The van der Waals surface area contributed by atoms with Crippen molar-refractivity contribution in [2.45, 2.75) is 6.10 Å². The number of ether oxygens (including phenoxy) is 1. The van der Waals surface area contributed by atoms with Crippen LogP contribution in [0.5, 0.6) is 5.75 Å². The summed E-state index contributed by atoms with van der Waals surface area (Å²) in [6, 6.07) is 5.58. The summed E-state index contributed by atoms with van der Waals surface area (Å²) < 4.78 is 6.12. The summed E-state index contributed by atoms with van der Waals surface area (Å²) in [5, 5.41) is 12.7. The lowest BCUT2D eigenvalue weighted by molar-refractivity contribution is 0.173. The van der Waals surface area contributed by atoms with Crippen LogP contribution in [0.4, 0.5) is 0 Å². The molecule has 0 radical (unpaired) electrons. The van der Waals surface area contributed by atoms with Crippen LogP contribution in [0.3, 0.4) is 0 Å². The first-order valence-electron chi connectivity index (χ1n) is 4.35. The van der Waals surface area contributed by atoms with Crippen molar-refractivity contribution in [1.29, 1.82) is 0 Å². The number of benzene rings is 1. The highest BCUT2D eigenvalue weighted by atomic mass is 79.9. The Balaban J connectivity index is 2.95. The summed E-state index contributed by atoms with van der Waals surface area (Å²) in [4.78, 5) is 0. The van der Waals surface area contributed by atoms with E-state index in [0.29, 0.717) is 12.3 Å². The SMILES string of the molecule is CNCC(O)c1ccc(Br)cc1OC. The summed E-state index contributed by atoms with van der Waals surface area (Å²) in [5.41, 5.74) is 0.796. The molecule has 2 N–H and O–H groups in total. The minimum Gasteiger partial charge on any atom is -0.496 e. The molecule has 0 aliphatic rings. The molecular formula is C10H14BrNO2. The van der Waals surface area contributed by atoms with Crippen LogP contribution in [0, 0.1) is 0 Å². The Morgan fingerprint density at radius 3 is 2.86 bits per heavy atom. The van der Waals surface area contributed by atoms with Crippen LogP contribution in [0.25, 0.3) is 0 Å². The first-order valence-corrected chi connectivity index (χ1v) is 5.14. The zero-order chi connectivity index (χ0) is 10.6. The smallest absolute Gasteiger partial charge is 0.125 e. The van der Waals surface area contributed by atoms with Crippen molar-refractivity contribution in [3.63, 3.8) is 0 Å². The number of aliphatic hydroxyl groups is 1. The molecule has 4 heteroatoms. The normalized spacial score (nSPS) is 12.6. The van der Waals surface area contributed by atoms with Gasteiger partial charge in [0.05, 0.1) is 13.2 Å². The molecule has 0 aliphatic carbocycles. The van der Waals surface area contributed by atoms with E-state index in [4.69, 9.17) is 4.74 Å². The minimum atomic E-state index is -0.539. The molecule has 0 heterocycles. The lowest BCUT2D eigenvalue weighted by Crippen LogP contribution is -2.17. The van der Waals surface area contributed by atoms with E-state index in [2.05, 4.69) is 21.2 Å². The molecule has 1 aromatic carbocycles. The van der Waals surface area contributed by atoms with Crippen LogP contribution in [0.15, 0.2) is 22.7 Å². The molecule has 0 aliphatic heterocycles. The van der Waals surface area contributed by atoms with Gasteiger partial charge >= 0.3 is 0 Å². The number of rotatable bonds is 4. The lowest BCUT2D eigenvalue weighted by Gasteiger charge is -2.14. The molecule has 0 amide bonds. The molecule has 0 bridgehead atoms. The summed E-state index contributed by atoms with van der Waals surface area (Å²) in [5.74, 6) is 0.696. The Morgan fingerprint density at radius 2 is 2.29 bits per heavy atom.